The predicted molar refractivity (Wildman–Crippen MR) is 145 cm³/mol. The minimum Gasteiger partial charge on any atom is -0.497 e. The lowest BCUT2D eigenvalue weighted by Gasteiger charge is -2.12. The molecule has 0 fully saturated rings. The van der Waals surface area contributed by atoms with E-state index in [9.17, 15) is 19.5 Å². The molecule has 0 saturated heterocycles. The Hall–Kier alpha value is -5.07. The maximum absolute atomic E-state index is 13.1. The molecule has 0 aliphatic rings. The maximum Gasteiger partial charge on any atom is 0.340 e. The molecular formula is C26H28N6O7. The number of carboxylic acid groups (broad SMARTS) is 1. The van der Waals surface area contributed by atoms with Crippen LogP contribution in [0.2, 0.25) is 0 Å². The number of aromatic nitrogens is 4. The molecule has 0 amide bonds. The Bertz CT molecular complexity index is 1680. The lowest BCUT2D eigenvalue weighted by atomic mass is 10.1. The number of hydrazone groups is 1. The van der Waals surface area contributed by atoms with Crippen LogP contribution in [0.3, 0.4) is 0 Å². The maximum atomic E-state index is 13.1. The first-order chi connectivity index (χ1) is 18.7. The average molecular weight is 537 g/mol. The first kappa shape index (κ1) is 27.0. The van der Waals surface area contributed by atoms with E-state index in [1.54, 1.807) is 17.7 Å². The number of hydrogen-bond donors (Lipinski definition) is 2. The van der Waals surface area contributed by atoms with Crippen molar-refractivity contribution in [2.45, 2.75) is 13.0 Å². The average Bonchev–Trinajstić information content (AvgIpc) is 3.31. The van der Waals surface area contributed by atoms with Gasteiger partial charge < -0.3 is 23.9 Å². The highest BCUT2D eigenvalue weighted by molar-refractivity contribution is 6.02. The van der Waals surface area contributed by atoms with E-state index >= 15 is 0 Å². The SMILES string of the molecule is COc1ccc(CCn2c(N/N=C\c3ccc(OC)c(OC)c3C(=O)O)nc3c2c(=O)n(C)c(=O)n3C)cc1. The van der Waals surface area contributed by atoms with Crippen LogP contribution in [0.15, 0.2) is 51.1 Å². The van der Waals surface area contributed by atoms with Crippen molar-refractivity contribution in [3.05, 3.63) is 73.9 Å². The number of fused-ring (bicyclic) bond motifs is 1. The second kappa shape index (κ2) is 11.1. The van der Waals surface area contributed by atoms with Crippen molar-refractivity contribution in [3.63, 3.8) is 0 Å². The molecular weight excluding hydrogens is 508 g/mol. The summed E-state index contributed by atoms with van der Waals surface area (Å²) >= 11 is 0. The third-order valence-electron chi connectivity index (χ3n) is 6.29. The number of aromatic carboxylic acids is 1. The molecule has 4 rings (SSSR count). The Labute approximate surface area is 222 Å². The van der Waals surface area contributed by atoms with Crippen LogP contribution in [-0.2, 0) is 27.1 Å². The largest absolute Gasteiger partial charge is 0.497 e. The van der Waals surface area contributed by atoms with Crippen LogP contribution in [-0.4, -0.2) is 57.3 Å². The summed E-state index contributed by atoms with van der Waals surface area (Å²) in [7, 11) is 7.28. The topological polar surface area (TPSA) is 151 Å². The molecule has 204 valence electrons. The number of rotatable bonds is 10. The fraction of sp³-hybridized carbons (Fsp3) is 0.269. The molecule has 0 bridgehead atoms. The highest BCUT2D eigenvalue weighted by Gasteiger charge is 2.21. The summed E-state index contributed by atoms with van der Waals surface area (Å²) in [5.74, 6) is 0.0161. The molecule has 0 radical (unpaired) electrons. The fourth-order valence-corrected chi connectivity index (χ4v) is 4.21. The van der Waals surface area contributed by atoms with Gasteiger partial charge in [0.1, 0.15) is 11.3 Å². The molecule has 13 nitrogen and oxygen atoms in total. The van der Waals surface area contributed by atoms with Gasteiger partial charge in [-0.1, -0.05) is 12.1 Å². The number of benzene rings is 2. The molecule has 39 heavy (non-hydrogen) atoms. The summed E-state index contributed by atoms with van der Waals surface area (Å²) in [6.45, 7) is 0.338. The Morgan fingerprint density at radius 3 is 2.36 bits per heavy atom. The zero-order chi connectivity index (χ0) is 28.3. The molecule has 0 atom stereocenters. The van der Waals surface area contributed by atoms with Crippen molar-refractivity contribution >= 4 is 29.3 Å². The first-order valence-electron chi connectivity index (χ1n) is 11.8. The molecule has 2 heterocycles. The Morgan fingerprint density at radius 1 is 1.03 bits per heavy atom. The highest BCUT2D eigenvalue weighted by Crippen LogP contribution is 2.33. The van der Waals surface area contributed by atoms with Gasteiger partial charge in [0.25, 0.3) is 5.56 Å². The normalized spacial score (nSPS) is 11.2. The Balaban J connectivity index is 1.75. The van der Waals surface area contributed by atoms with Crippen molar-refractivity contribution in [2.24, 2.45) is 19.2 Å². The van der Waals surface area contributed by atoms with E-state index < -0.39 is 17.2 Å². The van der Waals surface area contributed by atoms with Gasteiger partial charge in [-0.05, 0) is 36.2 Å². The number of aryl methyl sites for hydroxylation is 3. The van der Waals surface area contributed by atoms with Crippen molar-refractivity contribution in [2.75, 3.05) is 26.8 Å². The Morgan fingerprint density at radius 2 is 1.74 bits per heavy atom. The molecule has 0 spiro atoms. The van der Waals surface area contributed by atoms with Crippen LogP contribution in [0, 0.1) is 0 Å². The lowest BCUT2D eigenvalue weighted by molar-refractivity contribution is 0.0692. The quantitative estimate of drug-likeness (QED) is 0.228. The number of methoxy groups -OCH3 is 3. The molecule has 2 aromatic carbocycles. The van der Waals surface area contributed by atoms with E-state index in [0.717, 1.165) is 15.9 Å². The molecule has 0 aliphatic heterocycles. The number of imidazole rings is 1. The van der Waals surface area contributed by atoms with Crippen LogP contribution in [0.25, 0.3) is 11.2 Å². The van der Waals surface area contributed by atoms with Gasteiger partial charge in [0.15, 0.2) is 22.7 Å². The van der Waals surface area contributed by atoms with Crippen molar-refractivity contribution < 1.29 is 24.1 Å². The number of anilines is 1. The van der Waals surface area contributed by atoms with Gasteiger partial charge in [-0.3, -0.25) is 13.9 Å². The Kier molecular flexibility index (Phi) is 7.70. The summed E-state index contributed by atoms with van der Waals surface area (Å²) in [5.41, 5.74) is 3.31. The number of hydrogen-bond acceptors (Lipinski definition) is 9. The fourth-order valence-electron chi connectivity index (χ4n) is 4.21. The molecule has 2 aromatic heterocycles. The predicted octanol–water partition coefficient (Wildman–Crippen LogP) is 1.85. The second-order valence-electron chi connectivity index (χ2n) is 8.50. The van der Waals surface area contributed by atoms with E-state index in [1.165, 1.54) is 45.2 Å². The van der Waals surface area contributed by atoms with E-state index in [0.29, 0.717) is 13.0 Å². The molecule has 0 saturated carbocycles. The number of ether oxygens (including phenoxy) is 3. The van der Waals surface area contributed by atoms with Crippen LogP contribution < -0.4 is 30.9 Å². The number of carbonyl (C=O) groups is 1. The van der Waals surface area contributed by atoms with Crippen molar-refractivity contribution in [1.29, 1.82) is 0 Å². The van der Waals surface area contributed by atoms with Gasteiger partial charge in [0.2, 0.25) is 5.95 Å². The van der Waals surface area contributed by atoms with Gasteiger partial charge in [0, 0.05) is 26.2 Å². The number of carboxylic acids is 1. The van der Waals surface area contributed by atoms with Crippen LogP contribution in [0.4, 0.5) is 5.95 Å². The third kappa shape index (κ3) is 5.06. The van der Waals surface area contributed by atoms with Gasteiger partial charge in [0.05, 0.1) is 27.5 Å². The number of nitrogens with zero attached hydrogens (tertiary/aromatic N) is 5. The molecule has 0 unspecified atom stereocenters. The van der Waals surface area contributed by atoms with E-state index in [-0.39, 0.29) is 39.7 Å². The zero-order valence-electron chi connectivity index (χ0n) is 22.1. The standard InChI is InChI=1S/C26H28N6O7/c1-30-22-20(23(33)31(2)26(30)36)32(13-12-15-6-9-17(37-3)10-7-15)25(28-22)29-27-14-16-8-11-18(38-4)21(39-5)19(16)24(34)35/h6-11,14H,12-13H2,1-5H3,(H,28,29)(H,34,35)/b27-14-. The summed E-state index contributed by atoms with van der Waals surface area (Å²) in [6.07, 6.45) is 1.84. The molecule has 13 heteroatoms. The van der Waals surface area contributed by atoms with Gasteiger partial charge in [-0.25, -0.2) is 15.0 Å². The molecule has 0 aliphatic carbocycles. The minimum absolute atomic E-state index is 0.0548. The third-order valence-corrected chi connectivity index (χ3v) is 6.29. The molecule has 2 N–H and O–H groups in total. The number of nitrogens with one attached hydrogen (secondary N) is 1. The summed E-state index contributed by atoms with van der Waals surface area (Å²) < 4.78 is 19.6. The summed E-state index contributed by atoms with van der Waals surface area (Å²) in [5, 5.41) is 14.0. The second-order valence-corrected chi connectivity index (χ2v) is 8.50. The zero-order valence-corrected chi connectivity index (χ0v) is 22.1. The van der Waals surface area contributed by atoms with E-state index in [1.807, 2.05) is 24.3 Å². The summed E-state index contributed by atoms with van der Waals surface area (Å²) in [6, 6.07) is 10.6. The van der Waals surface area contributed by atoms with Crippen LogP contribution in [0.5, 0.6) is 17.2 Å². The van der Waals surface area contributed by atoms with Crippen LogP contribution in [0.1, 0.15) is 21.5 Å². The molecule has 4 aromatic rings. The first-order valence-corrected chi connectivity index (χ1v) is 11.8. The van der Waals surface area contributed by atoms with E-state index in [4.69, 9.17) is 14.2 Å². The smallest absolute Gasteiger partial charge is 0.340 e. The van der Waals surface area contributed by atoms with E-state index in [2.05, 4.69) is 15.5 Å². The van der Waals surface area contributed by atoms with Gasteiger partial charge >= 0.3 is 11.7 Å². The van der Waals surface area contributed by atoms with Crippen molar-refractivity contribution in [3.8, 4) is 17.2 Å². The highest BCUT2D eigenvalue weighted by atomic mass is 16.5. The monoisotopic (exact) mass is 536 g/mol. The van der Waals surface area contributed by atoms with Crippen LogP contribution >= 0.6 is 0 Å². The van der Waals surface area contributed by atoms with Gasteiger partial charge in [-0.2, -0.15) is 10.1 Å². The van der Waals surface area contributed by atoms with Crippen molar-refractivity contribution in [1.82, 2.24) is 18.7 Å². The summed E-state index contributed by atoms with van der Waals surface area (Å²) in [4.78, 5) is 42.0. The van der Waals surface area contributed by atoms with Gasteiger partial charge in [-0.15, -0.1) is 0 Å². The lowest BCUT2D eigenvalue weighted by Crippen LogP contribution is -2.37. The minimum atomic E-state index is -1.22.